The van der Waals surface area contributed by atoms with Crippen LogP contribution in [0, 0.1) is 6.92 Å². The maximum Gasteiger partial charge on any atom is 0.374 e. The third kappa shape index (κ3) is 4.63. The molecule has 26 heavy (non-hydrogen) atoms. The van der Waals surface area contributed by atoms with E-state index in [0.717, 1.165) is 11.3 Å². The second kappa shape index (κ2) is 8.20. The smallest absolute Gasteiger partial charge is 0.374 e. The molecule has 0 bridgehead atoms. The highest BCUT2D eigenvalue weighted by Gasteiger charge is 2.13. The fourth-order valence-electron chi connectivity index (χ4n) is 2.33. The van der Waals surface area contributed by atoms with Gasteiger partial charge in [0.1, 0.15) is 24.7 Å². The Morgan fingerprint density at radius 1 is 1.04 bits per heavy atom. The van der Waals surface area contributed by atoms with Gasteiger partial charge in [-0.15, -0.1) is 0 Å². The van der Waals surface area contributed by atoms with Crippen LogP contribution in [0.4, 0.5) is 0 Å². The molecule has 0 aliphatic rings. The summed E-state index contributed by atoms with van der Waals surface area (Å²) in [5.74, 6) is 0.755. The van der Waals surface area contributed by atoms with Crippen molar-refractivity contribution in [2.75, 3.05) is 13.2 Å². The van der Waals surface area contributed by atoms with E-state index in [9.17, 15) is 9.59 Å². The first-order chi connectivity index (χ1) is 12.6. The van der Waals surface area contributed by atoms with Crippen molar-refractivity contribution in [3.05, 3.63) is 88.2 Å². The fourth-order valence-corrected chi connectivity index (χ4v) is 2.33. The molecule has 3 aromatic rings. The second-order valence-electron chi connectivity index (χ2n) is 5.73. The molecule has 0 fully saturated rings. The quantitative estimate of drug-likeness (QED) is 0.482. The van der Waals surface area contributed by atoms with Crippen molar-refractivity contribution in [3.63, 3.8) is 0 Å². The Bertz CT molecular complexity index is 924. The number of pyridine rings is 1. The van der Waals surface area contributed by atoms with Gasteiger partial charge in [-0.3, -0.25) is 4.79 Å². The largest absolute Gasteiger partial charge is 0.490 e. The molecule has 1 aromatic carbocycles. The Labute approximate surface area is 150 Å². The first kappa shape index (κ1) is 17.5. The lowest BCUT2D eigenvalue weighted by atomic mass is 10.2. The summed E-state index contributed by atoms with van der Waals surface area (Å²) in [4.78, 5) is 23.7. The summed E-state index contributed by atoms with van der Waals surface area (Å²) in [6.07, 6.45) is 1.66. The first-order valence-corrected chi connectivity index (χ1v) is 8.22. The van der Waals surface area contributed by atoms with Gasteiger partial charge in [-0.25, -0.2) is 4.79 Å². The standard InChI is InChI=1S/C20H19NO5/c1-15-5-7-16(8-6-15)24-12-13-25-20(23)18-10-9-17(26-18)14-21-11-3-2-4-19(21)22/h2-11H,12-14H2,1H3. The summed E-state index contributed by atoms with van der Waals surface area (Å²) in [6.45, 7) is 2.61. The van der Waals surface area contributed by atoms with Crippen LogP contribution in [0.15, 0.2) is 70.0 Å². The molecule has 0 saturated heterocycles. The van der Waals surface area contributed by atoms with Crippen LogP contribution in [0.5, 0.6) is 5.75 Å². The van der Waals surface area contributed by atoms with Crippen molar-refractivity contribution in [3.8, 4) is 5.75 Å². The number of hydrogen-bond donors (Lipinski definition) is 0. The number of benzene rings is 1. The molecule has 0 saturated carbocycles. The van der Waals surface area contributed by atoms with Crippen LogP contribution in [-0.4, -0.2) is 23.8 Å². The van der Waals surface area contributed by atoms with Gasteiger partial charge in [-0.05, 0) is 37.3 Å². The lowest BCUT2D eigenvalue weighted by Crippen LogP contribution is -2.17. The van der Waals surface area contributed by atoms with Crippen molar-refractivity contribution < 1.29 is 18.7 Å². The molecule has 6 heteroatoms. The van der Waals surface area contributed by atoms with E-state index in [1.807, 2.05) is 31.2 Å². The zero-order chi connectivity index (χ0) is 18.4. The third-order valence-corrected chi connectivity index (χ3v) is 3.69. The van der Waals surface area contributed by atoms with E-state index < -0.39 is 5.97 Å². The molecule has 6 nitrogen and oxygen atoms in total. The minimum Gasteiger partial charge on any atom is -0.490 e. The van der Waals surface area contributed by atoms with E-state index in [1.165, 1.54) is 16.7 Å². The van der Waals surface area contributed by atoms with Crippen LogP contribution in [0.3, 0.4) is 0 Å². The molecule has 2 heterocycles. The molecule has 3 rings (SSSR count). The van der Waals surface area contributed by atoms with Crippen molar-refractivity contribution in [1.29, 1.82) is 0 Å². The topological polar surface area (TPSA) is 70.7 Å². The van der Waals surface area contributed by atoms with Crippen LogP contribution in [0.2, 0.25) is 0 Å². The zero-order valence-electron chi connectivity index (χ0n) is 14.4. The SMILES string of the molecule is Cc1ccc(OCCOC(=O)c2ccc(Cn3ccccc3=O)o2)cc1. The number of rotatable bonds is 7. The molecule has 0 radical (unpaired) electrons. The average molecular weight is 353 g/mol. The second-order valence-corrected chi connectivity index (χ2v) is 5.73. The molecular formula is C20H19NO5. The number of aryl methyl sites for hydroxylation is 1. The van der Waals surface area contributed by atoms with Crippen molar-refractivity contribution in [2.45, 2.75) is 13.5 Å². The lowest BCUT2D eigenvalue weighted by Gasteiger charge is -2.07. The number of nitrogens with zero attached hydrogens (tertiary/aromatic N) is 1. The Morgan fingerprint density at radius 2 is 1.85 bits per heavy atom. The molecule has 0 N–H and O–H groups in total. The third-order valence-electron chi connectivity index (χ3n) is 3.69. The maximum atomic E-state index is 12.0. The first-order valence-electron chi connectivity index (χ1n) is 8.22. The Kier molecular flexibility index (Phi) is 5.53. The number of hydrogen-bond acceptors (Lipinski definition) is 5. The molecular weight excluding hydrogens is 334 g/mol. The molecule has 0 amide bonds. The summed E-state index contributed by atoms with van der Waals surface area (Å²) >= 11 is 0. The summed E-state index contributed by atoms with van der Waals surface area (Å²) in [5.41, 5.74) is 1.01. The van der Waals surface area contributed by atoms with Crippen LogP contribution < -0.4 is 10.3 Å². The van der Waals surface area contributed by atoms with E-state index in [-0.39, 0.29) is 31.1 Å². The molecule has 0 unspecified atom stereocenters. The number of carbonyl (C=O) groups is 1. The molecule has 0 aliphatic carbocycles. The van der Waals surface area contributed by atoms with E-state index in [1.54, 1.807) is 24.4 Å². The minimum atomic E-state index is -0.566. The van der Waals surface area contributed by atoms with E-state index in [2.05, 4.69) is 0 Å². The average Bonchev–Trinajstić information content (AvgIpc) is 3.11. The highest BCUT2D eigenvalue weighted by Crippen LogP contribution is 2.12. The monoisotopic (exact) mass is 353 g/mol. The van der Waals surface area contributed by atoms with E-state index >= 15 is 0 Å². The lowest BCUT2D eigenvalue weighted by molar-refractivity contribution is 0.0413. The number of furan rings is 1. The predicted octanol–water partition coefficient (Wildman–Crippen LogP) is 3.03. The fraction of sp³-hybridized carbons (Fsp3) is 0.200. The van der Waals surface area contributed by atoms with Crippen LogP contribution in [0.25, 0.3) is 0 Å². The van der Waals surface area contributed by atoms with Crippen LogP contribution in [0.1, 0.15) is 21.9 Å². The van der Waals surface area contributed by atoms with Gasteiger partial charge in [-0.2, -0.15) is 0 Å². The van der Waals surface area contributed by atoms with Gasteiger partial charge in [0.05, 0.1) is 6.54 Å². The summed E-state index contributed by atoms with van der Waals surface area (Å²) in [5, 5.41) is 0. The minimum absolute atomic E-state index is 0.0966. The molecule has 2 aromatic heterocycles. The maximum absolute atomic E-state index is 12.0. The highest BCUT2D eigenvalue weighted by atomic mass is 16.6. The summed E-state index contributed by atoms with van der Waals surface area (Å²) < 4.78 is 17.6. The number of carbonyl (C=O) groups excluding carboxylic acids is 1. The van der Waals surface area contributed by atoms with Gasteiger partial charge in [0.25, 0.3) is 5.56 Å². The molecule has 0 aliphatic heterocycles. The van der Waals surface area contributed by atoms with Gasteiger partial charge in [0.15, 0.2) is 0 Å². The van der Waals surface area contributed by atoms with E-state index in [4.69, 9.17) is 13.9 Å². The predicted molar refractivity (Wildman–Crippen MR) is 95.5 cm³/mol. The van der Waals surface area contributed by atoms with Gasteiger partial charge in [0.2, 0.25) is 5.76 Å². The number of aromatic nitrogens is 1. The van der Waals surface area contributed by atoms with E-state index in [0.29, 0.717) is 5.76 Å². The highest BCUT2D eigenvalue weighted by molar-refractivity contribution is 5.86. The van der Waals surface area contributed by atoms with Gasteiger partial charge in [0, 0.05) is 12.3 Å². The molecule has 0 spiro atoms. The number of esters is 1. The van der Waals surface area contributed by atoms with Crippen molar-refractivity contribution >= 4 is 5.97 Å². The van der Waals surface area contributed by atoms with Crippen LogP contribution >= 0.6 is 0 Å². The Morgan fingerprint density at radius 3 is 2.62 bits per heavy atom. The van der Waals surface area contributed by atoms with Crippen LogP contribution in [-0.2, 0) is 11.3 Å². The van der Waals surface area contributed by atoms with Gasteiger partial charge in [-0.1, -0.05) is 23.8 Å². The normalized spacial score (nSPS) is 10.5. The van der Waals surface area contributed by atoms with Gasteiger partial charge < -0.3 is 18.5 Å². The summed E-state index contributed by atoms with van der Waals surface area (Å²) in [7, 11) is 0. The zero-order valence-corrected chi connectivity index (χ0v) is 14.4. The Balaban J connectivity index is 1.48. The van der Waals surface area contributed by atoms with Crippen molar-refractivity contribution in [2.24, 2.45) is 0 Å². The molecule has 0 atom stereocenters. The van der Waals surface area contributed by atoms with Crippen molar-refractivity contribution in [1.82, 2.24) is 4.57 Å². The van der Waals surface area contributed by atoms with Gasteiger partial charge >= 0.3 is 5.97 Å². The summed E-state index contributed by atoms with van der Waals surface area (Å²) in [6, 6.07) is 15.7. The Hall–Kier alpha value is -3.28. The number of ether oxygens (including phenoxy) is 2. The molecule has 134 valence electrons.